The highest BCUT2D eigenvalue weighted by Crippen LogP contribution is 2.25. The lowest BCUT2D eigenvalue weighted by atomic mass is 10.1. The van der Waals surface area contributed by atoms with Crippen molar-refractivity contribution in [1.29, 1.82) is 0 Å². The fourth-order valence-corrected chi connectivity index (χ4v) is 1.98. The molecule has 2 N–H and O–H groups in total. The third-order valence-corrected chi connectivity index (χ3v) is 3.04. The van der Waals surface area contributed by atoms with E-state index in [4.69, 9.17) is 21.4 Å². The van der Waals surface area contributed by atoms with E-state index in [1.165, 1.54) is 0 Å². The van der Waals surface area contributed by atoms with Crippen molar-refractivity contribution >= 4 is 11.6 Å². The minimum Gasteiger partial charge on any atom is -0.394 e. The summed E-state index contributed by atoms with van der Waals surface area (Å²) in [6.45, 7) is 3.49. The zero-order chi connectivity index (χ0) is 12.0. The summed E-state index contributed by atoms with van der Waals surface area (Å²) in [5.41, 5.74) is 0. The lowest BCUT2D eigenvalue weighted by Crippen LogP contribution is -2.24. The van der Waals surface area contributed by atoms with Crippen LogP contribution in [0.4, 0.5) is 0 Å². The van der Waals surface area contributed by atoms with Gasteiger partial charge in [0.1, 0.15) is 6.10 Å². The highest BCUT2D eigenvalue weighted by atomic mass is 35.5. The monoisotopic (exact) mass is 246 g/mol. The summed E-state index contributed by atoms with van der Waals surface area (Å²) in [7, 11) is 0. The molecular weight excluding hydrogens is 228 g/mol. The first kappa shape index (κ1) is 13.7. The molecule has 1 aliphatic rings. The van der Waals surface area contributed by atoms with Crippen molar-refractivity contribution in [1.82, 2.24) is 0 Å². The number of halogens is 1. The summed E-state index contributed by atoms with van der Waals surface area (Å²) in [4.78, 5) is 0. The van der Waals surface area contributed by atoms with Gasteiger partial charge in [-0.1, -0.05) is 23.8 Å². The first-order valence-corrected chi connectivity index (χ1v) is 5.95. The van der Waals surface area contributed by atoms with Crippen LogP contribution in [-0.2, 0) is 4.74 Å². The molecule has 0 bridgehead atoms. The van der Waals surface area contributed by atoms with Gasteiger partial charge in [0.15, 0.2) is 0 Å². The van der Waals surface area contributed by atoms with E-state index in [2.05, 4.69) is 6.58 Å². The van der Waals surface area contributed by atoms with E-state index < -0.39 is 12.2 Å². The molecule has 0 radical (unpaired) electrons. The number of aliphatic hydroxyl groups is 2. The largest absolute Gasteiger partial charge is 0.394 e. The van der Waals surface area contributed by atoms with Gasteiger partial charge in [0.25, 0.3) is 0 Å². The van der Waals surface area contributed by atoms with Crippen LogP contribution in [0.2, 0.25) is 0 Å². The average molecular weight is 247 g/mol. The van der Waals surface area contributed by atoms with E-state index in [0.29, 0.717) is 6.42 Å². The SMILES string of the molecule is C=CC/C=C(\Cl)CC[C@@H]1C[C@@H](O)[C@@H](CO)O1. The van der Waals surface area contributed by atoms with Crippen LogP contribution in [-0.4, -0.2) is 35.1 Å². The second-order valence-corrected chi connectivity index (χ2v) is 4.48. The molecule has 0 unspecified atom stereocenters. The van der Waals surface area contributed by atoms with Crippen LogP contribution in [0.5, 0.6) is 0 Å². The van der Waals surface area contributed by atoms with Crippen LogP contribution in [0.1, 0.15) is 25.7 Å². The standard InChI is InChI=1S/C12H19ClO3/c1-2-3-4-9(13)5-6-10-7-11(15)12(8-14)16-10/h2,4,10-12,14-15H,1,3,5-8H2/b9-4-/t10-,11-,12-/m1/s1. The van der Waals surface area contributed by atoms with Gasteiger partial charge < -0.3 is 14.9 Å². The Labute approximate surface area is 101 Å². The van der Waals surface area contributed by atoms with Crippen LogP contribution in [0.25, 0.3) is 0 Å². The predicted molar refractivity (Wildman–Crippen MR) is 64.4 cm³/mol. The molecule has 16 heavy (non-hydrogen) atoms. The van der Waals surface area contributed by atoms with E-state index in [0.717, 1.165) is 24.3 Å². The Morgan fingerprint density at radius 3 is 2.88 bits per heavy atom. The molecule has 1 rings (SSSR count). The third-order valence-electron chi connectivity index (χ3n) is 2.69. The van der Waals surface area contributed by atoms with E-state index in [1.54, 1.807) is 6.08 Å². The van der Waals surface area contributed by atoms with Crippen molar-refractivity contribution in [3.05, 3.63) is 23.8 Å². The van der Waals surface area contributed by atoms with Gasteiger partial charge in [0.2, 0.25) is 0 Å². The van der Waals surface area contributed by atoms with Gasteiger partial charge in [-0.2, -0.15) is 0 Å². The number of aliphatic hydroxyl groups excluding tert-OH is 2. The molecule has 92 valence electrons. The van der Waals surface area contributed by atoms with Crippen LogP contribution < -0.4 is 0 Å². The molecule has 1 heterocycles. The van der Waals surface area contributed by atoms with Crippen molar-refractivity contribution in [3.8, 4) is 0 Å². The van der Waals surface area contributed by atoms with Gasteiger partial charge in [-0.15, -0.1) is 6.58 Å². The molecule has 1 fully saturated rings. The van der Waals surface area contributed by atoms with Gasteiger partial charge >= 0.3 is 0 Å². The predicted octanol–water partition coefficient (Wildman–Crippen LogP) is 1.98. The minimum atomic E-state index is -0.550. The van der Waals surface area contributed by atoms with Crippen molar-refractivity contribution in [3.63, 3.8) is 0 Å². The quantitative estimate of drug-likeness (QED) is 0.705. The highest BCUT2D eigenvalue weighted by Gasteiger charge is 2.32. The Bertz CT molecular complexity index is 253. The summed E-state index contributed by atoms with van der Waals surface area (Å²) in [6, 6.07) is 0. The molecule has 3 nitrogen and oxygen atoms in total. The topological polar surface area (TPSA) is 49.7 Å². The molecule has 3 atom stereocenters. The number of hydrogen-bond donors (Lipinski definition) is 2. The number of rotatable bonds is 6. The zero-order valence-electron chi connectivity index (χ0n) is 9.31. The smallest absolute Gasteiger partial charge is 0.107 e. The van der Waals surface area contributed by atoms with Gasteiger partial charge in [-0.25, -0.2) is 0 Å². The maximum absolute atomic E-state index is 9.52. The van der Waals surface area contributed by atoms with E-state index in [9.17, 15) is 5.11 Å². The van der Waals surface area contributed by atoms with Crippen LogP contribution in [0, 0.1) is 0 Å². The Balaban J connectivity index is 2.26. The summed E-state index contributed by atoms with van der Waals surface area (Å²) in [5.74, 6) is 0. The summed E-state index contributed by atoms with van der Waals surface area (Å²) >= 11 is 5.99. The van der Waals surface area contributed by atoms with E-state index >= 15 is 0 Å². The summed E-state index contributed by atoms with van der Waals surface area (Å²) < 4.78 is 5.47. The van der Waals surface area contributed by atoms with E-state index in [1.807, 2.05) is 6.08 Å². The fraction of sp³-hybridized carbons (Fsp3) is 0.667. The normalized spacial score (nSPS) is 30.7. The summed E-state index contributed by atoms with van der Waals surface area (Å²) in [5, 5.41) is 19.2. The minimum absolute atomic E-state index is 0.00182. The Kier molecular flexibility index (Phi) is 6.06. The Morgan fingerprint density at radius 2 is 2.31 bits per heavy atom. The van der Waals surface area contributed by atoms with Crippen molar-refractivity contribution in [2.45, 2.75) is 44.0 Å². The molecule has 1 saturated heterocycles. The molecule has 0 amide bonds. The molecule has 0 aromatic rings. The molecule has 1 aliphatic heterocycles. The Hall–Kier alpha value is -0.350. The highest BCUT2D eigenvalue weighted by molar-refractivity contribution is 6.29. The fourth-order valence-electron chi connectivity index (χ4n) is 1.78. The van der Waals surface area contributed by atoms with Crippen LogP contribution in [0.15, 0.2) is 23.8 Å². The number of allylic oxidation sites excluding steroid dienone is 3. The molecule has 0 saturated carbocycles. The van der Waals surface area contributed by atoms with Crippen LogP contribution in [0.3, 0.4) is 0 Å². The lowest BCUT2D eigenvalue weighted by molar-refractivity contribution is -0.0234. The molecule has 0 spiro atoms. The maximum Gasteiger partial charge on any atom is 0.107 e. The molecule has 4 heteroatoms. The van der Waals surface area contributed by atoms with Gasteiger partial charge in [-0.05, 0) is 19.3 Å². The number of hydrogen-bond acceptors (Lipinski definition) is 3. The van der Waals surface area contributed by atoms with Crippen molar-refractivity contribution in [2.75, 3.05) is 6.61 Å². The molecular formula is C12H19ClO3. The van der Waals surface area contributed by atoms with Gasteiger partial charge in [0.05, 0.1) is 18.8 Å². The first-order chi connectivity index (χ1) is 7.67. The lowest BCUT2D eigenvalue weighted by Gasteiger charge is -2.11. The van der Waals surface area contributed by atoms with Crippen LogP contribution >= 0.6 is 11.6 Å². The van der Waals surface area contributed by atoms with Crippen molar-refractivity contribution in [2.24, 2.45) is 0 Å². The molecule has 0 aromatic heterocycles. The van der Waals surface area contributed by atoms with Gasteiger partial charge in [-0.3, -0.25) is 0 Å². The molecule has 0 aromatic carbocycles. The van der Waals surface area contributed by atoms with Gasteiger partial charge in [0, 0.05) is 11.5 Å². The average Bonchev–Trinajstić information content (AvgIpc) is 2.64. The summed E-state index contributed by atoms with van der Waals surface area (Å²) in [6.07, 6.45) is 5.60. The number of ether oxygens (including phenoxy) is 1. The third kappa shape index (κ3) is 4.26. The van der Waals surface area contributed by atoms with Crippen molar-refractivity contribution < 1.29 is 14.9 Å². The first-order valence-electron chi connectivity index (χ1n) is 5.57. The zero-order valence-corrected chi connectivity index (χ0v) is 10.1. The Morgan fingerprint density at radius 1 is 1.56 bits per heavy atom. The van der Waals surface area contributed by atoms with E-state index in [-0.39, 0.29) is 12.7 Å². The second-order valence-electron chi connectivity index (χ2n) is 4.00. The maximum atomic E-state index is 9.52. The molecule has 0 aliphatic carbocycles. The second kappa shape index (κ2) is 7.07.